The Morgan fingerprint density at radius 3 is 2.50 bits per heavy atom. The molecule has 0 bridgehead atoms. The molecule has 14 heavy (non-hydrogen) atoms. The third-order valence-corrected chi connectivity index (χ3v) is 2.24. The summed E-state index contributed by atoms with van der Waals surface area (Å²) in [5.41, 5.74) is -0.533. The van der Waals surface area contributed by atoms with Crippen molar-refractivity contribution in [1.29, 1.82) is 0 Å². The van der Waals surface area contributed by atoms with E-state index in [0.717, 1.165) is 6.07 Å². The summed E-state index contributed by atoms with van der Waals surface area (Å²) in [4.78, 5) is 0. The van der Waals surface area contributed by atoms with Gasteiger partial charge in [-0.1, -0.05) is 17.7 Å². The van der Waals surface area contributed by atoms with Crippen LogP contribution in [0.1, 0.15) is 17.2 Å². The van der Waals surface area contributed by atoms with E-state index in [4.69, 9.17) is 16.3 Å². The second-order valence-corrected chi connectivity index (χ2v) is 3.49. The van der Waals surface area contributed by atoms with Gasteiger partial charge in [-0.05, 0) is 17.7 Å². The van der Waals surface area contributed by atoms with Crippen molar-refractivity contribution in [3.63, 3.8) is 0 Å². The van der Waals surface area contributed by atoms with Crippen LogP contribution in [0.3, 0.4) is 0 Å². The van der Waals surface area contributed by atoms with Crippen LogP contribution in [-0.4, -0.2) is 6.61 Å². The van der Waals surface area contributed by atoms with E-state index in [1.807, 2.05) is 0 Å². The fourth-order valence-electron chi connectivity index (χ4n) is 1.28. The largest absolute Gasteiger partial charge is 0.416 e. The SMILES string of the molecule is FC(F)(F)c1cc(Cl)ccc1C1CO1. The number of ether oxygens (including phenoxy) is 1. The maximum atomic E-state index is 12.5. The van der Waals surface area contributed by atoms with Gasteiger partial charge in [-0.25, -0.2) is 0 Å². The van der Waals surface area contributed by atoms with Gasteiger partial charge in [-0.2, -0.15) is 13.2 Å². The van der Waals surface area contributed by atoms with Crippen LogP contribution in [0, 0.1) is 0 Å². The second kappa shape index (κ2) is 3.14. The average molecular weight is 223 g/mol. The molecule has 1 nitrogen and oxygen atoms in total. The Morgan fingerprint density at radius 1 is 1.36 bits per heavy atom. The van der Waals surface area contributed by atoms with E-state index in [9.17, 15) is 13.2 Å². The van der Waals surface area contributed by atoms with Crippen LogP contribution in [-0.2, 0) is 10.9 Å². The monoisotopic (exact) mass is 222 g/mol. The molecule has 1 aromatic rings. The van der Waals surface area contributed by atoms with Gasteiger partial charge >= 0.3 is 6.18 Å². The third-order valence-electron chi connectivity index (χ3n) is 2.00. The number of rotatable bonds is 1. The summed E-state index contributed by atoms with van der Waals surface area (Å²) in [5.74, 6) is 0. The lowest BCUT2D eigenvalue weighted by atomic mass is 10.0. The lowest BCUT2D eigenvalue weighted by molar-refractivity contribution is -0.138. The second-order valence-electron chi connectivity index (χ2n) is 3.05. The Labute approximate surface area is 83.4 Å². The highest BCUT2D eigenvalue weighted by molar-refractivity contribution is 6.30. The molecule has 1 fully saturated rings. The average Bonchev–Trinajstić information content (AvgIpc) is 2.85. The zero-order valence-corrected chi connectivity index (χ0v) is 7.69. The Hall–Kier alpha value is -0.740. The van der Waals surface area contributed by atoms with Crippen molar-refractivity contribution < 1.29 is 17.9 Å². The van der Waals surface area contributed by atoms with Crippen LogP contribution in [0.15, 0.2) is 18.2 Å². The van der Waals surface area contributed by atoms with E-state index in [-0.39, 0.29) is 10.6 Å². The molecule has 0 aliphatic carbocycles. The minimum Gasteiger partial charge on any atom is -0.368 e. The predicted molar refractivity (Wildman–Crippen MR) is 45.1 cm³/mol. The van der Waals surface area contributed by atoms with Gasteiger partial charge in [0.1, 0.15) is 6.10 Å². The molecule has 5 heteroatoms. The molecular formula is C9H6ClF3O. The van der Waals surface area contributed by atoms with Gasteiger partial charge in [0.15, 0.2) is 0 Å². The van der Waals surface area contributed by atoms with E-state index in [1.165, 1.54) is 12.1 Å². The van der Waals surface area contributed by atoms with Crippen molar-refractivity contribution in [3.05, 3.63) is 34.3 Å². The first-order valence-corrected chi connectivity index (χ1v) is 4.34. The molecule has 1 aliphatic rings. The molecular weight excluding hydrogens is 217 g/mol. The van der Waals surface area contributed by atoms with Gasteiger partial charge in [0.25, 0.3) is 0 Å². The number of hydrogen-bond acceptors (Lipinski definition) is 1. The molecule has 76 valence electrons. The summed E-state index contributed by atoms with van der Waals surface area (Å²) in [6.07, 6.45) is -4.78. The number of epoxide rings is 1. The first-order valence-electron chi connectivity index (χ1n) is 3.97. The molecule has 1 unspecified atom stereocenters. The van der Waals surface area contributed by atoms with Crippen LogP contribution < -0.4 is 0 Å². The minimum atomic E-state index is -4.37. The number of benzene rings is 1. The fourth-order valence-corrected chi connectivity index (χ4v) is 1.45. The minimum absolute atomic E-state index is 0.0849. The highest BCUT2D eigenvalue weighted by atomic mass is 35.5. The van der Waals surface area contributed by atoms with E-state index in [1.54, 1.807) is 0 Å². The Balaban J connectivity index is 2.48. The Kier molecular flexibility index (Phi) is 2.20. The number of alkyl halides is 3. The lowest BCUT2D eigenvalue weighted by Crippen LogP contribution is -2.08. The van der Waals surface area contributed by atoms with Gasteiger partial charge in [0, 0.05) is 5.02 Å². The Bertz CT molecular complexity index is 358. The molecule has 1 atom stereocenters. The number of halogens is 4. The molecule has 1 aromatic carbocycles. The molecule has 1 saturated heterocycles. The predicted octanol–water partition coefficient (Wildman–Crippen LogP) is 3.43. The van der Waals surface area contributed by atoms with E-state index >= 15 is 0 Å². The summed E-state index contributed by atoms with van der Waals surface area (Å²) in [7, 11) is 0. The van der Waals surface area contributed by atoms with Gasteiger partial charge < -0.3 is 4.74 Å². The third kappa shape index (κ3) is 1.86. The van der Waals surface area contributed by atoms with E-state index < -0.39 is 17.8 Å². The Morgan fingerprint density at radius 2 is 2.00 bits per heavy atom. The molecule has 0 spiro atoms. The summed E-state index contributed by atoms with van der Waals surface area (Å²) < 4.78 is 42.3. The lowest BCUT2D eigenvalue weighted by Gasteiger charge is -2.11. The first kappa shape index (κ1) is 9.80. The maximum Gasteiger partial charge on any atom is 0.416 e. The van der Waals surface area contributed by atoms with Crippen LogP contribution in [0.2, 0.25) is 5.02 Å². The molecule has 1 aliphatic heterocycles. The zero-order valence-electron chi connectivity index (χ0n) is 6.94. The highest BCUT2D eigenvalue weighted by Gasteiger charge is 2.38. The molecule has 1 heterocycles. The molecule has 2 rings (SSSR count). The molecule has 0 amide bonds. The van der Waals surface area contributed by atoms with Crippen LogP contribution in [0.25, 0.3) is 0 Å². The van der Waals surface area contributed by atoms with Gasteiger partial charge in [0.2, 0.25) is 0 Å². The van der Waals surface area contributed by atoms with Crippen molar-refractivity contribution in [2.45, 2.75) is 12.3 Å². The molecule has 0 radical (unpaired) electrons. The zero-order chi connectivity index (χ0) is 10.3. The van der Waals surface area contributed by atoms with Crippen LogP contribution >= 0.6 is 11.6 Å². The standard InChI is InChI=1S/C9H6ClF3O/c10-5-1-2-6(8-4-14-8)7(3-5)9(11,12)13/h1-3,8H,4H2. The highest BCUT2D eigenvalue weighted by Crippen LogP contribution is 2.41. The van der Waals surface area contributed by atoms with Crippen molar-refractivity contribution in [2.24, 2.45) is 0 Å². The molecule has 0 N–H and O–H groups in total. The fraction of sp³-hybridized carbons (Fsp3) is 0.333. The first-order chi connectivity index (χ1) is 6.48. The molecule has 0 saturated carbocycles. The van der Waals surface area contributed by atoms with Crippen LogP contribution in [0.5, 0.6) is 0 Å². The van der Waals surface area contributed by atoms with Crippen molar-refractivity contribution in [2.75, 3.05) is 6.61 Å². The normalized spacial score (nSPS) is 21.0. The maximum absolute atomic E-state index is 12.5. The quantitative estimate of drug-likeness (QED) is 0.664. The van der Waals surface area contributed by atoms with Crippen molar-refractivity contribution in [1.82, 2.24) is 0 Å². The topological polar surface area (TPSA) is 12.5 Å². The van der Waals surface area contributed by atoms with E-state index in [0.29, 0.717) is 6.61 Å². The van der Waals surface area contributed by atoms with Gasteiger partial charge in [0.05, 0.1) is 12.2 Å². The van der Waals surface area contributed by atoms with Gasteiger partial charge in [-0.3, -0.25) is 0 Å². The van der Waals surface area contributed by atoms with Crippen molar-refractivity contribution >= 4 is 11.6 Å². The van der Waals surface area contributed by atoms with Crippen molar-refractivity contribution in [3.8, 4) is 0 Å². The van der Waals surface area contributed by atoms with Gasteiger partial charge in [-0.15, -0.1) is 0 Å². The number of hydrogen-bond donors (Lipinski definition) is 0. The smallest absolute Gasteiger partial charge is 0.368 e. The summed E-state index contributed by atoms with van der Waals surface area (Å²) in [5, 5.41) is 0.0849. The summed E-state index contributed by atoms with van der Waals surface area (Å²) in [6, 6.07) is 3.73. The van der Waals surface area contributed by atoms with E-state index in [2.05, 4.69) is 0 Å². The molecule has 0 aromatic heterocycles. The summed E-state index contributed by atoms with van der Waals surface area (Å²) >= 11 is 5.51. The summed E-state index contributed by atoms with van der Waals surface area (Å²) in [6.45, 7) is 0.352. The van der Waals surface area contributed by atoms with Crippen LogP contribution in [0.4, 0.5) is 13.2 Å².